The molecule has 10 nitrogen and oxygen atoms in total. The van der Waals surface area contributed by atoms with Crippen molar-refractivity contribution in [3.8, 4) is 39.7 Å². The SMILES string of the molecule is COc1nc(-c2cccc(-c3cccc(-c4ncc5c(n4)CCN(C[C@@H]4CCC(=O)N4)C5)c3Cl)c2Cl)ccc1CNC[C@H]1CCC(=O)N1. The number of amides is 2. The van der Waals surface area contributed by atoms with Gasteiger partial charge in [-0.25, -0.2) is 15.0 Å². The van der Waals surface area contributed by atoms with Gasteiger partial charge in [0.25, 0.3) is 0 Å². The Bertz CT molecular complexity index is 1780. The molecule has 0 spiro atoms. The number of nitrogens with one attached hydrogen (secondary N) is 3. The van der Waals surface area contributed by atoms with E-state index in [0.717, 1.165) is 78.0 Å². The Morgan fingerprint density at radius 1 is 0.875 bits per heavy atom. The minimum Gasteiger partial charge on any atom is -0.481 e. The van der Waals surface area contributed by atoms with Crippen LogP contribution in [0.3, 0.4) is 0 Å². The van der Waals surface area contributed by atoms with E-state index in [0.29, 0.717) is 53.4 Å². The van der Waals surface area contributed by atoms with Crippen molar-refractivity contribution in [2.24, 2.45) is 0 Å². The van der Waals surface area contributed by atoms with Gasteiger partial charge in [-0.15, -0.1) is 0 Å². The molecule has 3 N–H and O–H groups in total. The number of carbonyl (C=O) groups excluding carboxylic acids is 2. The number of rotatable bonds is 10. The average molecular weight is 687 g/mol. The summed E-state index contributed by atoms with van der Waals surface area (Å²) in [6.45, 7) is 3.72. The fraction of sp³-hybridized carbons (Fsp3) is 0.361. The molecule has 4 aromatic rings. The molecule has 7 rings (SSSR count). The summed E-state index contributed by atoms with van der Waals surface area (Å²) in [5, 5.41) is 10.5. The third-order valence-corrected chi connectivity index (χ3v) is 10.1. The monoisotopic (exact) mass is 685 g/mol. The lowest BCUT2D eigenvalue weighted by Gasteiger charge is -2.30. The van der Waals surface area contributed by atoms with Crippen molar-refractivity contribution in [3.05, 3.63) is 81.6 Å². The number of aromatic nitrogens is 3. The summed E-state index contributed by atoms with van der Waals surface area (Å²) < 4.78 is 5.65. The Balaban J connectivity index is 1.09. The molecule has 0 radical (unpaired) electrons. The molecule has 2 fully saturated rings. The van der Waals surface area contributed by atoms with E-state index >= 15 is 0 Å². The van der Waals surface area contributed by atoms with Crippen LogP contribution in [0, 0.1) is 0 Å². The second kappa shape index (κ2) is 14.2. The first-order valence-corrected chi connectivity index (χ1v) is 17.1. The van der Waals surface area contributed by atoms with Crippen LogP contribution in [0.25, 0.3) is 33.8 Å². The van der Waals surface area contributed by atoms with Crippen LogP contribution in [0.2, 0.25) is 10.0 Å². The minimum absolute atomic E-state index is 0.102. The van der Waals surface area contributed by atoms with Crippen LogP contribution in [0.15, 0.2) is 54.7 Å². The van der Waals surface area contributed by atoms with Gasteiger partial charge in [0.15, 0.2) is 5.82 Å². The normalized spacial score (nSPS) is 19.2. The van der Waals surface area contributed by atoms with Gasteiger partial charge in [-0.1, -0.05) is 59.6 Å². The van der Waals surface area contributed by atoms with Gasteiger partial charge in [-0.3, -0.25) is 14.5 Å². The molecule has 0 saturated carbocycles. The maximum absolute atomic E-state index is 11.6. The highest BCUT2D eigenvalue weighted by atomic mass is 35.5. The second-order valence-electron chi connectivity index (χ2n) is 12.6. The highest BCUT2D eigenvalue weighted by molar-refractivity contribution is 6.39. The van der Waals surface area contributed by atoms with Gasteiger partial charge in [-0.05, 0) is 25.0 Å². The van der Waals surface area contributed by atoms with E-state index in [1.807, 2.05) is 54.7 Å². The number of halogens is 2. The van der Waals surface area contributed by atoms with Gasteiger partial charge in [0.05, 0.1) is 28.5 Å². The Morgan fingerprint density at radius 3 is 2.27 bits per heavy atom. The third kappa shape index (κ3) is 6.89. The van der Waals surface area contributed by atoms with E-state index in [1.165, 1.54) is 0 Å². The van der Waals surface area contributed by atoms with Gasteiger partial charge in [0.1, 0.15) is 0 Å². The summed E-state index contributed by atoms with van der Waals surface area (Å²) in [4.78, 5) is 40.0. The molecule has 12 heteroatoms. The number of fused-ring (bicyclic) bond motifs is 1. The molecule has 48 heavy (non-hydrogen) atoms. The number of ether oxygens (including phenoxy) is 1. The first-order valence-electron chi connectivity index (χ1n) is 16.3. The predicted octanol–water partition coefficient (Wildman–Crippen LogP) is 5.19. The average Bonchev–Trinajstić information content (AvgIpc) is 3.71. The Morgan fingerprint density at radius 2 is 1.56 bits per heavy atom. The van der Waals surface area contributed by atoms with Crippen molar-refractivity contribution in [2.75, 3.05) is 26.7 Å². The summed E-state index contributed by atoms with van der Waals surface area (Å²) >= 11 is 14.2. The Labute approximate surface area is 289 Å². The molecule has 3 aliphatic rings. The highest BCUT2D eigenvalue weighted by Gasteiger charge is 2.27. The first-order chi connectivity index (χ1) is 23.4. The van der Waals surface area contributed by atoms with Crippen molar-refractivity contribution >= 4 is 35.0 Å². The molecule has 0 bridgehead atoms. The quantitative estimate of drug-likeness (QED) is 0.209. The fourth-order valence-electron chi connectivity index (χ4n) is 6.78. The number of nitrogens with zero attached hydrogens (tertiary/aromatic N) is 4. The maximum Gasteiger partial charge on any atom is 0.220 e. The zero-order valence-electron chi connectivity index (χ0n) is 26.7. The molecule has 0 aliphatic carbocycles. The number of benzene rings is 2. The molecule has 3 aliphatic heterocycles. The number of methoxy groups -OCH3 is 1. The van der Waals surface area contributed by atoms with E-state index in [4.69, 9.17) is 42.9 Å². The van der Waals surface area contributed by atoms with Crippen LogP contribution < -0.4 is 20.7 Å². The maximum atomic E-state index is 11.6. The lowest BCUT2D eigenvalue weighted by Crippen LogP contribution is -2.41. The van der Waals surface area contributed by atoms with Gasteiger partial charge in [-0.2, -0.15) is 0 Å². The van der Waals surface area contributed by atoms with Crippen molar-refractivity contribution in [2.45, 2.75) is 57.3 Å². The van der Waals surface area contributed by atoms with E-state index in [9.17, 15) is 9.59 Å². The van der Waals surface area contributed by atoms with E-state index in [1.54, 1.807) is 7.11 Å². The van der Waals surface area contributed by atoms with Crippen LogP contribution in [0.5, 0.6) is 5.88 Å². The topological polar surface area (TPSA) is 121 Å². The molecule has 5 heterocycles. The summed E-state index contributed by atoms with van der Waals surface area (Å²) in [6, 6.07) is 15.9. The molecule has 0 unspecified atom stereocenters. The minimum atomic E-state index is 0.102. The predicted molar refractivity (Wildman–Crippen MR) is 186 cm³/mol. The lowest BCUT2D eigenvalue weighted by molar-refractivity contribution is -0.120. The van der Waals surface area contributed by atoms with Crippen LogP contribution in [0.1, 0.15) is 42.5 Å². The molecular weight excluding hydrogens is 649 g/mol. The second-order valence-corrected chi connectivity index (χ2v) is 13.3. The molecule has 248 valence electrons. The summed E-state index contributed by atoms with van der Waals surface area (Å²) in [7, 11) is 1.60. The van der Waals surface area contributed by atoms with Crippen molar-refractivity contribution in [1.82, 2.24) is 35.8 Å². The number of carbonyl (C=O) groups is 2. The summed E-state index contributed by atoms with van der Waals surface area (Å²) in [5.74, 6) is 1.33. The van der Waals surface area contributed by atoms with Crippen LogP contribution in [0.4, 0.5) is 0 Å². The first kappa shape index (κ1) is 32.5. The fourth-order valence-corrected chi connectivity index (χ4v) is 7.42. The number of hydrogen-bond acceptors (Lipinski definition) is 8. The molecule has 2 saturated heterocycles. The van der Waals surface area contributed by atoms with Crippen LogP contribution >= 0.6 is 23.2 Å². The largest absolute Gasteiger partial charge is 0.481 e. The third-order valence-electron chi connectivity index (χ3n) is 9.30. The van der Waals surface area contributed by atoms with Gasteiger partial charge in [0.2, 0.25) is 17.7 Å². The Kier molecular flexibility index (Phi) is 9.59. The molecule has 2 amide bonds. The van der Waals surface area contributed by atoms with E-state index in [2.05, 4.69) is 20.9 Å². The van der Waals surface area contributed by atoms with Crippen molar-refractivity contribution in [3.63, 3.8) is 0 Å². The van der Waals surface area contributed by atoms with Crippen molar-refractivity contribution < 1.29 is 14.3 Å². The van der Waals surface area contributed by atoms with Crippen LogP contribution in [-0.2, 0) is 29.1 Å². The van der Waals surface area contributed by atoms with Gasteiger partial charge < -0.3 is 20.7 Å². The van der Waals surface area contributed by atoms with Gasteiger partial charge >= 0.3 is 0 Å². The number of hydrogen-bond donors (Lipinski definition) is 3. The number of pyridine rings is 1. The molecule has 2 atom stereocenters. The van der Waals surface area contributed by atoms with E-state index < -0.39 is 0 Å². The molecule has 2 aromatic heterocycles. The standard InChI is InChI=1S/C36H37Cl2N7O3/c1-48-36-21(16-39-18-23-9-12-31(46)41-23)8-11-30(44-36)27-6-2-4-25(33(27)37)26-5-3-7-28(34(26)38)35-40-17-22-19-45(15-14-29(22)43-35)20-24-10-13-32(47)42-24/h2-8,11,17,23-24,39H,9-10,12-16,18-20H2,1H3,(H,41,46)(H,42,47)/t23-,24+/m1/s1. The zero-order chi connectivity index (χ0) is 33.2. The van der Waals surface area contributed by atoms with E-state index in [-0.39, 0.29) is 23.9 Å². The lowest BCUT2D eigenvalue weighted by atomic mass is 9.98. The van der Waals surface area contributed by atoms with Gasteiger partial charge in [0, 0.05) is 104 Å². The zero-order valence-corrected chi connectivity index (χ0v) is 28.2. The highest BCUT2D eigenvalue weighted by Crippen LogP contribution is 2.42. The molecule has 2 aromatic carbocycles. The Hall–Kier alpha value is -4.09. The smallest absolute Gasteiger partial charge is 0.220 e. The van der Waals surface area contributed by atoms with Crippen molar-refractivity contribution in [1.29, 1.82) is 0 Å². The summed E-state index contributed by atoms with van der Waals surface area (Å²) in [5.41, 5.74) is 6.77. The van der Waals surface area contributed by atoms with Crippen LogP contribution in [-0.4, -0.2) is 70.5 Å². The summed E-state index contributed by atoms with van der Waals surface area (Å²) in [6.07, 6.45) is 5.62. The molecular formula is C36H37Cl2N7O3.